The molecule has 0 heteroatoms. The molecular formula is C17H34. The van der Waals surface area contributed by atoms with Gasteiger partial charge < -0.3 is 0 Å². The van der Waals surface area contributed by atoms with Gasteiger partial charge in [0.1, 0.15) is 0 Å². The van der Waals surface area contributed by atoms with E-state index in [4.69, 9.17) is 0 Å². The average molecular weight is 238 g/mol. The van der Waals surface area contributed by atoms with Gasteiger partial charge in [-0.25, -0.2) is 0 Å². The molecule has 1 fully saturated rings. The van der Waals surface area contributed by atoms with Crippen LogP contribution in [0.1, 0.15) is 67.7 Å². The number of rotatable bonds is 4. The zero-order chi connectivity index (χ0) is 13.2. The van der Waals surface area contributed by atoms with Gasteiger partial charge in [-0.15, -0.1) is 0 Å². The molecule has 0 radical (unpaired) electrons. The quantitative estimate of drug-likeness (QED) is 0.596. The molecule has 0 spiro atoms. The Morgan fingerprint density at radius 3 is 1.94 bits per heavy atom. The van der Waals surface area contributed by atoms with Crippen LogP contribution in [0.3, 0.4) is 0 Å². The van der Waals surface area contributed by atoms with Gasteiger partial charge in [0.05, 0.1) is 0 Å². The average Bonchev–Trinajstić information content (AvgIpc) is 2.23. The fraction of sp³-hybridized carbons (Fsp3) is 1.00. The Morgan fingerprint density at radius 1 is 0.941 bits per heavy atom. The number of hydrogen-bond donors (Lipinski definition) is 0. The molecule has 0 nitrogen and oxygen atoms in total. The lowest BCUT2D eigenvalue weighted by Gasteiger charge is -2.47. The summed E-state index contributed by atoms with van der Waals surface area (Å²) in [6.45, 7) is 17.1. The van der Waals surface area contributed by atoms with Crippen LogP contribution in [0.15, 0.2) is 0 Å². The van der Waals surface area contributed by atoms with Crippen molar-refractivity contribution < 1.29 is 0 Å². The minimum absolute atomic E-state index is 0.859. The summed E-state index contributed by atoms with van der Waals surface area (Å²) in [6.07, 6.45) is 4.31. The maximum absolute atomic E-state index is 2.52. The van der Waals surface area contributed by atoms with Gasteiger partial charge in [0.25, 0.3) is 0 Å². The molecule has 5 atom stereocenters. The Kier molecular flexibility index (Phi) is 5.54. The van der Waals surface area contributed by atoms with E-state index in [2.05, 4.69) is 48.5 Å². The first-order valence-corrected chi connectivity index (χ1v) is 7.88. The minimum Gasteiger partial charge on any atom is -0.0651 e. The lowest BCUT2D eigenvalue weighted by atomic mass is 9.58. The molecule has 0 aromatic heterocycles. The third-order valence-corrected chi connectivity index (χ3v) is 5.40. The first kappa shape index (κ1) is 15.1. The fourth-order valence-electron chi connectivity index (χ4n) is 4.48. The molecule has 1 saturated carbocycles. The monoisotopic (exact) mass is 238 g/mol. The Morgan fingerprint density at radius 2 is 1.53 bits per heavy atom. The normalized spacial score (nSPS) is 39.0. The summed E-state index contributed by atoms with van der Waals surface area (Å²) in [5, 5.41) is 0. The Balaban J connectivity index is 2.78. The predicted molar refractivity (Wildman–Crippen MR) is 78.0 cm³/mol. The molecule has 17 heavy (non-hydrogen) atoms. The second kappa shape index (κ2) is 6.25. The van der Waals surface area contributed by atoms with Crippen LogP contribution in [0, 0.1) is 41.4 Å². The van der Waals surface area contributed by atoms with Crippen molar-refractivity contribution in [3.05, 3.63) is 0 Å². The van der Waals surface area contributed by atoms with E-state index in [1.807, 2.05) is 0 Å². The third-order valence-electron chi connectivity index (χ3n) is 5.40. The van der Waals surface area contributed by atoms with Crippen LogP contribution >= 0.6 is 0 Å². The second-order valence-corrected chi connectivity index (χ2v) is 7.33. The van der Waals surface area contributed by atoms with E-state index in [-0.39, 0.29) is 0 Å². The summed E-state index contributed by atoms with van der Waals surface area (Å²) in [6, 6.07) is 0. The van der Waals surface area contributed by atoms with Crippen molar-refractivity contribution in [2.45, 2.75) is 67.7 Å². The van der Waals surface area contributed by atoms with Gasteiger partial charge in [0.2, 0.25) is 0 Å². The lowest BCUT2D eigenvalue weighted by Crippen LogP contribution is -2.40. The van der Waals surface area contributed by atoms with Crippen molar-refractivity contribution in [3.63, 3.8) is 0 Å². The highest BCUT2D eigenvalue weighted by molar-refractivity contribution is 4.89. The standard InChI is InChI=1S/C17H34/c1-8-15-10-16(9-11(2)3)13(6)14(7)17(15)12(4)5/h11-17H,8-10H2,1-7H3/t13?,14-,15?,16-,17+/m1/s1. The molecule has 0 amide bonds. The van der Waals surface area contributed by atoms with Gasteiger partial charge >= 0.3 is 0 Å². The predicted octanol–water partition coefficient (Wildman–Crippen LogP) is 5.62. The topological polar surface area (TPSA) is 0 Å². The van der Waals surface area contributed by atoms with Crippen LogP contribution in [0.4, 0.5) is 0 Å². The summed E-state index contributed by atoms with van der Waals surface area (Å²) in [4.78, 5) is 0. The first-order chi connectivity index (χ1) is 7.88. The Hall–Kier alpha value is 0. The van der Waals surface area contributed by atoms with Crippen molar-refractivity contribution in [2.75, 3.05) is 0 Å². The van der Waals surface area contributed by atoms with Crippen LogP contribution in [0.2, 0.25) is 0 Å². The zero-order valence-electron chi connectivity index (χ0n) is 13.2. The van der Waals surface area contributed by atoms with Crippen LogP contribution in [-0.4, -0.2) is 0 Å². The molecule has 1 aliphatic carbocycles. The van der Waals surface area contributed by atoms with Crippen LogP contribution < -0.4 is 0 Å². The first-order valence-electron chi connectivity index (χ1n) is 7.88. The van der Waals surface area contributed by atoms with Gasteiger partial charge in [-0.1, -0.05) is 54.9 Å². The molecular weight excluding hydrogens is 204 g/mol. The van der Waals surface area contributed by atoms with E-state index in [1.165, 1.54) is 19.3 Å². The molecule has 0 aliphatic heterocycles. The van der Waals surface area contributed by atoms with Gasteiger partial charge in [-0.3, -0.25) is 0 Å². The van der Waals surface area contributed by atoms with E-state index in [0.717, 1.165) is 41.4 Å². The van der Waals surface area contributed by atoms with E-state index in [1.54, 1.807) is 0 Å². The van der Waals surface area contributed by atoms with Crippen LogP contribution in [0.5, 0.6) is 0 Å². The van der Waals surface area contributed by atoms with Crippen molar-refractivity contribution in [1.82, 2.24) is 0 Å². The molecule has 0 bridgehead atoms. The van der Waals surface area contributed by atoms with Crippen LogP contribution in [0.25, 0.3) is 0 Å². The van der Waals surface area contributed by atoms with Gasteiger partial charge in [0, 0.05) is 0 Å². The molecule has 0 N–H and O–H groups in total. The highest BCUT2D eigenvalue weighted by Crippen LogP contribution is 2.48. The van der Waals surface area contributed by atoms with E-state index in [0.29, 0.717) is 0 Å². The summed E-state index contributed by atoms with van der Waals surface area (Å²) < 4.78 is 0. The summed E-state index contributed by atoms with van der Waals surface area (Å²) >= 11 is 0. The van der Waals surface area contributed by atoms with E-state index in [9.17, 15) is 0 Å². The maximum Gasteiger partial charge on any atom is -0.0334 e. The smallest absolute Gasteiger partial charge is 0.0334 e. The molecule has 0 aromatic rings. The van der Waals surface area contributed by atoms with Gasteiger partial charge in [-0.2, -0.15) is 0 Å². The molecule has 1 rings (SSSR count). The van der Waals surface area contributed by atoms with Crippen molar-refractivity contribution in [3.8, 4) is 0 Å². The van der Waals surface area contributed by atoms with Gasteiger partial charge in [-0.05, 0) is 54.3 Å². The Bertz CT molecular complexity index is 212. The highest BCUT2D eigenvalue weighted by Gasteiger charge is 2.40. The zero-order valence-corrected chi connectivity index (χ0v) is 13.2. The molecule has 102 valence electrons. The van der Waals surface area contributed by atoms with Crippen molar-refractivity contribution >= 4 is 0 Å². The molecule has 2 unspecified atom stereocenters. The molecule has 0 aromatic carbocycles. The van der Waals surface area contributed by atoms with E-state index >= 15 is 0 Å². The number of hydrogen-bond acceptors (Lipinski definition) is 0. The summed E-state index contributed by atoms with van der Waals surface area (Å²) in [5.41, 5.74) is 0. The van der Waals surface area contributed by atoms with E-state index < -0.39 is 0 Å². The second-order valence-electron chi connectivity index (χ2n) is 7.33. The molecule has 0 saturated heterocycles. The van der Waals surface area contributed by atoms with Crippen LogP contribution in [-0.2, 0) is 0 Å². The molecule has 1 aliphatic rings. The fourth-order valence-corrected chi connectivity index (χ4v) is 4.48. The minimum atomic E-state index is 0.859. The largest absolute Gasteiger partial charge is 0.0651 e. The SMILES string of the molecule is CCC1C[C@@H](CC(C)C)C(C)[C@@H](C)[C@@H]1C(C)C. The van der Waals surface area contributed by atoms with Crippen molar-refractivity contribution in [2.24, 2.45) is 41.4 Å². The lowest BCUT2D eigenvalue weighted by molar-refractivity contribution is 0.0179. The summed E-state index contributed by atoms with van der Waals surface area (Å²) in [5.74, 6) is 6.47. The summed E-state index contributed by atoms with van der Waals surface area (Å²) in [7, 11) is 0. The molecule has 0 heterocycles. The van der Waals surface area contributed by atoms with Gasteiger partial charge in [0.15, 0.2) is 0 Å². The maximum atomic E-state index is 2.52. The Labute approximate surface area is 110 Å². The third kappa shape index (κ3) is 3.48. The highest BCUT2D eigenvalue weighted by atomic mass is 14.5. The van der Waals surface area contributed by atoms with Crippen molar-refractivity contribution in [1.29, 1.82) is 0 Å².